The molecule has 0 radical (unpaired) electrons. The molecule has 0 aromatic rings. The van der Waals surface area contributed by atoms with Crippen LogP contribution in [0.15, 0.2) is 0 Å². The van der Waals surface area contributed by atoms with Crippen molar-refractivity contribution in [1.29, 1.82) is 0 Å². The number of unbranched alkanes of at least 4 members (excludes halogenated alkanes) is 12. The lowest BCUT2D eigenvalue weighted by atomic mass is 9.79. The number of carbonyl (C=O) groups is 3. The van der Waals surface area contributed by atoms with Crippen LogP contribution >= 0.6 is 17.0 Å². The summed E-state index contributed by atoms with van der Waals surface area (Å²) in [6.07, 6.45) is 15.8. The van der Waals surface area contributed by atoms with Gasteiger partial charge in [-0.2, -0.15) is 0 Å². The first-order chi connectivity index (χ1) is 13.9. The maximum Gasteiger partial charge on any atom is 0.193 e. The Morgan fingerprint density at radius 3 is 0.967 bits per heavy atom. The zero-order valence-electron chi connectivity index (χ0n) is 19.9. The van der Waals surface area contributed by atoms with Gasteiger partial charge in [-0.1, -0.05) is 97.8 Å². The SMILES string of the molecule is Br.CCCCCCCC(=O)C(N)(C(=O)CCCCCCC)C(=O)CCCCCCC. The highest BCUT2D eigenvalue weighted by molar-refractivity contribution is 8.93. The molecule has 0 aliphatic rings. The van der Waals surface area contributed by atoms with Crippen molar-refractivity contribution in [1.82, 2.24) is 0 Å². The van der Waals surface area contributed by atoms with Crippen LogP contribution in [0.2, 0.25) is 0 Å². The largest absolute Gasteiger partial charge is 0.307 e. The molecule has 0 aromatic heterocycles. The summed E-state index contributed by atoms with van der Waals surface area (Å²) >= 11 is 0. The van der Waals surface area contributed by atoms with Crippen LogP contribution in [0.1, 0.15) is 136 Å². The molecule has 2 N–H and O–H groups in total. The number of nitrogens with two attached hydrogens (primary N) is 1. The lowest BCUT2D eigenvalue weighted by Crippen LogP contribution is -2.61. The van der Waals surface area contributed by atoms with Gasteiger partial charge in [-0.3, -0.25) is 14.4 Å². The number of hydrogen-bond donors (Lipinski definition) is 1. The number of hydrogen-bond acceptors (Lipinski definition) is 4. The van der Waals surface area contributed by atoms with E-state index in [2.05, 4.69) is 20.8 Å². The topological polar surface area (TPSA) is 77.2 Å². The molecule has 0 rings (SSSR count). The van der Waals surface area contributed by atoms with E-state index in [1.54, 1.807) is 0 Å². The highest BCUT2D eigenvalue weighted by Crippen LogP contribution is 2.20. The van der Waals surface area contributed by atoms with E-state index in [1.807, 2.05) is 0 Å². The third kappa shape index (κ3) is 13.0. The van der Waals surface area contributed by atoms with Crippen LogP contribution < -0.4 is 5.73 Å². The molecular formula is C25H48BrNO3. The molecule has 0 amide bonds. The first-order valence-corrected chi connectivity index (χ1v) is 12.3. The first kappa shape index (κ1) is 31.6. The Morgan fingerprint density at radius 2 is 0.733 bits per heavy atom. The fourth-order valence-corrected chi connectivity index (χ4v) is 3.73. The van der Waals surface area contributed by atoms with Crippen LogP contribution in [0, 0.1) is 0 Å². The van der Waals surface area contributed by atoms with Crippen molar-refractivity contribution >= 4 is 34.3 Å². The Morgan fingerprint density at radius 1 is 0.500 bits per heavy atom. The summed E-state index contributed by atoms with van der Waals surface area (Å²) in [5.74, 6) is -1.07. The summed E-state index contributed by atoms with van der Waals surface area (Å²) in [6, 6.07) is 0. The minimum Gasteiger partial charge on any atom is -0.307 e. The number of ketones is 3. The van der Waals surface area contributed by atoms with Crippen molar-refractivity contribution < 1.29 is 14.4 Å². The highest BCUT2D eigenvalue weighted by Gasteiger charge is 2.46. The predicted molar refractivity (Wildman–Crippen MR) is 132 cm³/mol. The maximum absolute atomic E-state index is 12.9. The molecule has 0 aromatic carbocycles. The van der Waals surface area contributed by atoms with E-state index in [0.717, 1.165) is 77.0 Å². The van der Waals surface area contributed by atoms with Crippen molar-refractivity contribution in [3.8, 4) is 0 Å². The van der Waals surface area contributed by atoms with Gasteiger partial charge in [0.25, 0.3) is 0 Å². The smallest absolute Gasteiger partial charge is 0.193 e. The number of rotatable bonds is 21. The van der Waals surface area contributed by atoms with Crippen LogP contribution in [0.3, 0.4) is 0 Å². The van der Waals surface area contributed by atoms with Gasteiger partial charge in [-0.15, -0.1) is 17.0 Å². The Bertz CT molecular complexity index is 401. The molecule has 0 aliphatic heterocycles. The lowest BCUT2D eigenvalue weighted by Gasteiger charge is -2.25. The van der Waals surface area contributed by atoms with Crippen molar-refractivity contribution in [3.05, 3.63) is 0 Å². The molecule has 5 heteroatoms. The second-order valence-corrected chi connectivity index (χ2v) is 8.57. The summed E-state index contributed by atoms with van der Waals surface area (Å²) < 4.78 is 0. The van der Waals surface area contributed by atoms with Crippen LogP contribution in [0.5, 0.6) is 0 Å². The fourth-order valence-electron chi connectivity index (χ4n) is 3.73. The van der Waals surface area contributed by atoms with Gasteiger partial charge in [0.15, 0.2) is 22.9 Å². The Balaban J connectivity index is 0. The molecular weight excluding hydrogens is 442 g/mol. The molecule has 0 saturated carbocycles. The van der Waals surface area contributed by atoms with Crippen molar-refractivity contribution in [2.24, 2.45) is 5.73 Å². The van der Waals surface area contributed by atoms with E-state index in [-0.39, 0.29) is 53.6 Å². The minimum absolute atomic E-state index is 0. The van der Waals surface area contributed by atoms with E-state index in [0.29, 0.717) is 19.3 Å². The van der Waals surface area contributed by atoms with Gasteiger partial charge < -0.3 is 5.73 Å². The molecule has 178 valence electrons. The van der Waals surface area contributed by atoms with Crippen molar-refractivity contribution in [3.63, 3.8) is 0 Å². The molecule has 0 bridgehead atoms. The number of Topliss-reactive ketones (excluding diaryl/α,β-unsaturated/α-hetero) is 3. The summed E-state index contributed by atoms with van der Waals surface area (Å²) in [5.41, 5.74) is 4.40. The second kappa shape index (κ2) is 20.4. The molecule has 0 heterocycles. The van der Waals surface area contributed by atoms with E-state index in [4.69, 9.17) is 5.73 Å². The monoisotopic (exact) mass is 489 g/mol. The minimum atomic E-state index is -1.90. The van der Waals surface area contributed by atoms with Crippen molar-refractivity contribution in [2.45, 2.75) is 142 Å². The number of carbonyl (C=O) groups excluding carboxylic acids is 3. The van der Waals surface area contributed by atoms with Crippen LogP contribution in [0.4, 0.5) is 0 Å². The molecule has 0 aliphatic carbocycles. The van der Waals surface area contributed by atoms with E-state index in [1.165, 1.54) is 0 Å². The molecule has 0 spiro atoms. The summed E-state index contributed by atoms with van der Waals surface area (Å²) in [4.78, 5) is 38.7. The zero-order chi connectivity index (χ0) is 22.0. The van der Waals surface area contributed by atoms with E-state index < -0.39 is 5.54 Å². The maximum atomic E-state index is 12.9. The third-order valence-corrected chi connectivity index (χ3v) is 5.84. The average molecular weight is 491 g/mol. The molecule has 0 fully saturated rings. The van der Waals surface area contributed by atoms with Crippen molar-refractivity contribution in [2.75, 3.05) is 0 Å². The molecule has 30 heavy (non-hydrogen) atoms. The second-order valence-electron chi connectivity index (χ2n) is 8.57. The molecule has 0 atom stereocenters. The van der Waals surface area contributed by atoms with Gasteiger partial charge in [0.1, 0.15) is 0 Å². The van der Waals surface area contributed by atoms with E-state index in [9.17, 15) is 14.4 Å². The molecule has 4 nitrogen and oxygen atoms in total. The first-order valence-electron chi connectivity index (χ1n) is 12.3. The molecule has 0 saturated heterocycles. The Kier molecular flexibility index (Phi) is 21.5. The third-order valence-electron chi connectivity index (χ3n) is 5.84. The predicted octanol–water partition coefficient (Wildman–Crippen LogP) is 7.05. The van der Waals surface area contributed by atoms with Gasteiger partial charge in [-0.05, 0) is 19.3 Å². The molecule has 0 unspecified atom stereocenters. The summed E-state index contributed by atoms with van der Waals surface area (Å²) in [7, 11) is 0. The van der Waals surface area contributed by atoms with Crippen LogP contribution in [0.25, 0.3) is 0 Å². The quantitative estimate of drug-likeness (QED) is 0.138. The standard InChI is InChI=1S/C25H47NO3.BrH/c1-4-7-10-13-16-19-22(27)25(26,23(28)20-17-14-11-8-5-2)24(29)21-18-15-12-9-6-3;/h4-21,26H2,1-3H3;1H. The Hall–Kier alpha value is -0.550. The zero-order valence-corrected chi connectivity index (χ0v) is 21.7. The van der Waals surface area contributed by atoms with Gasteiger partial charge in [0, 0.05) is 19.3 Å². The number of halogens is 1. The average Bonchev–Trinajstić information content (AvgIpc) is 2.72. The van der Waals surface area contributed by atoms with Crippen LogP contribution in [-0.2, 0) is 14.4 Å². The summed E-state index contributed by atoms with van der Waals surface area (Å²) in [5, 5.41) is 0. The Labute approximate surface area is 196 Å². The normalized spacial score (nSPS) is 11.2. The van der Waals surface area contributed by atoms with Gasteiger partial charge in [0.05, 0.1) is 0 Å². The van der Waals surface area contributed by atoms with Gasteiger partial charge in [0.2, 0.25) is 0 Å². The lowest BCUT2D eigenvalue weighted by molar-refractivity contribution is -0.142. The highest BCUT2D eigenvalue weighted by atomic mass is 79.9. The van der Waals surface area contributed by atoms with Gasteiger partial charge >= 0.3 is 0 Å². The fraction of sp³-hybridized carbons (Fsp3) is 0.880. The van der Waals surface area contributed by atoms with Crippen LogP contribution in [-0.4, -0.2) is 22.9 Å². The summed E-state index contributed by atoms with van der Waals surface area (Å²) in [6.45, 7) is 6.44. The van der Waals surface area contributed by atoms with Gasteiger partial charge in [-0.25, -0.2) is 0 Å². The van der Waals surface area contributed by atoms with E-state index >= 15 is 0 Å².